The van der Waals surface area contributed by atoms with E-state index in [0.29, 0.717) is 23.0 Å². The maximum atomic E-state index is 13.8. The molecule has 9 heteroatoms. The van der Waals surface area contributed by atoms with Gasteiger partial charge in [0, 0.05) is 30.5 Å². The monoisotopic (exact) mass is 464 g/mol. The van der Waals surface area contributed by atoms with Crippen molar-refractivity contribution in [2.24, 2.45) is 0 Å². The van der Waals surface area contributed by atoms with E-state index >= 15 is 0 Å². The van der Waals surface area contributed by atoms with Gasteiger partial charge in [0.25, 0.3) is 0 Å². The van der Waals surface area contributed by atoms with Crippen LogP contribution in [0.5, 0.6) is 0 Å². The third-order valence-corrected chi connectivity index (χ3v) is 5.00. The van der Waals surface area contributed by atoms with Gasteiger partial charge in [0.2, 0.25) is 0 Å². The second-order valence-electron chi connectivity index (χ2n) is 6.50. The molecule has 6 nitrogen and oxygen atoms in total. The number of hydrogen-bond acceptors (Lipinski definition) is 3. The molecule has 3 rings (SSSR count). The Bertz CT molecular complexity index is 967. The summed E-state index contributed by atoms with van der Waals surface area (Å²) in [6.07, 6.45) is 2.69. The van der Waals surface area contributed by atoms with Crippen molar-refractivity contribution in [1.82, 2.24) is 24.9 Å². The second-order valence-corrected chi connectivity index (χ2v) is 7.76. The first-order valence-electron chi connectivity index (χ1n) is 8.94. The lowest BCUT2D eigenvalue weighted by Gasteiger charge is -2.09. The van der Waals surface area contributed by atoms with E-state index in [1.54, 1.807) is 29.1 Å². The molecule has 3 aromatic rings. The van der Waals surface area contributed by atoms with Crippen LogP contribution in [-0.2, 0) is 13.1 Å². The highest BCUT2D eigenvalue weighted by Crippen LogP contribution is 2.21. The minimum atomic E-state index is -0.247. The second kappa shape index (κ2) is 9.29. The fourth-order valence-electron chi connectivity index (χ4n) is 2.85. The van der Waals surface area contributed by atoms with Crippen LogP contribution < -0.4 is 10.6 Å². The molecular formula is C19H22BrFN6S. The van der Waals surface area contributed by atoms with Gasteiger partial charge < -0.3 is 10.6 Å². The summed E-state index contributed by atoms with van der Waals surface area (Å²) < 4.78 is 18.2. The Balaban J connectivity index is 1.48. The molecule has 0 saturated heterocycles. The molecule has 28 heavy (non-hydrogen) atoms. The molecule has 0 bridgehead atoms. The maximum absolute atomic E-state index is 13.8. The molecule has 0 aliphatic rings. The number of thiocarbonyl (C=S) groups is 1. The van der Waals surface area contributed by atoms with Crippen LogP contribution in [0.25, 0.3) is 0 Å². The molecule has 0 aliphatic heterocycles. The van der Waals surface area contributed by atoms with Gasteiger partial charge in [-0.25, -0.2) is 4.39 Å². The zero-order valence-corrected chi connectivity index (χ0v) is 18.1. The van der Waals surface area contributed by atoms with Gasteiger partial charge in [-0.05, 0) is 60.5 Å². The Labute approximate surface area is 177 Å². The van der Waals surface area contributed by atoms with E-state index in [2.05, 4.69) is 49.8 Å². The standard InChI is InChI=1S/C19H22BrFN6S/c1-13-10-14(2)27(24-13)9-5-8-22-19(28)23-18-16(20)12-26(25-18)11-15-6-3-4-7-17(15)21/h3-4,6-7,10,12H,5,8-9,11H2,1-2H3,(H2,22,23,25,28). The van der Waals surface area contributed by atoms with Crippen LogP contribution in [0, 0.1) is 19.7 Å². The highest BCUT2D eigenvalue weighted by atomic mass is 79.9. The van der Waals surface area contributed by atoms with Crippen LogP contribution in [0.3, 0.4) is 0 Å². The lowest BCUT2D eigenvalue weighted by Crippen LogP contribution is -2.30. The summed E-state index contributed by atoms with van der Waals surface area (Å²) in [6.45, 7) is 5.93. The Kier molecular flexibility index (Phi) is 6.79. The summed E-state index contributed by atoms with van der Waals surface area (Å²) in [5.41, 5.74) is 2.76. The summed E-state index contributed by atoms with van der Waals surface area (Å²) in [6, 6.07) is 8.73. The molecule has 0 amide bonds. The minimum Gasteiger partial charge on any atom is -0.362 e. The van der Waals surface area contributed by atoms with Gasteiger partial charge in [-0.2, -0.15) is 10.2 Å². The number of nitrogens with one attached hydrogen (secondary N) is 2. The van der Waals surface area contributed by atoms with E-state index in [4.69, 9.17) is 12.2 Å². The number of hydrogen-bond donors (Lipinski definition) is 2. The molecule has 148 valence electrons. The highest BCUT2D eigenvalue weighted by Gasteiger charge is 2.10. The molecule has 0 radical (unpaired) electrons. The predicted molar refractivity (Wildman–Crippen MR) is 116 cm³/mol. The van der Waals surface area contributed by atoms with E-state index in [1.807, 2.05) is 11.6 Å². The topological polar surface area (TPSA) is 59.7 Å². The van der Waals surface area contributed by atoms with Crippen LogP contribution >= 0.6 is 28.1 Å². The maximum Gasteiger partial charge on any atom is 0.172 e. The first kappa shape index (κ1) is 20.5. The first-order chi connectivity index (χ1) is 13.4. The molecule has 2 heterocycles. The van der Waals surface area contributed by atoms with Crippen molar-refractivity contribution in [3.63, 3.8) is 0 Å². The van der Waals surface area contributed by atoms with Crippen molar-refractivity contribution < 1.29 is 4.39 Å². The van der Waals surface area contributed by atoms with E-state index in [-0.39, 0.29) is 5.82 Å². The summed E-state index contributed by atoms with van der Waals surface area (Å²) in [4.78, 5) is 0. The van der Waals surface area contributed by atoms with Crippen LogP contribution in [0.4, 0.5) is 10.2 Å². The van der Waals surface area contributed by atoms with E-state index < -0.39 is 0 Å². The van der Waals surface area contributed by atoms with Gasteiger partial charge in [0.15, 0.2) is 10.9 Å². The fraction of sp³-hybridized carbons (Fsp3) is 0.316. The molecule has 0 fully saturated rings. The quantitative estimate of drug-likeness (QED) is 0.408. The Morgan fingerprint density at radius 1 is 1.25 bits per heavy atom. The molecule has 0 atom stereocenters. The third-order valence-electron chi connectivity index (χ3n) is 4.17. The Hall–Kier alpha value is -2.26. The van der Waals surface area contributed by atoms with Crippen molar-refractivity contribution in [1.29, 1.82) is 0 Å². The number of aromatic nitrogens is 4. The average Bonchev–Trinajstić information content (AvgIpc) is 3.15. The Morgan fingerprint density at radius 3 is 2.75 bits per heavy atom. The number of nitrogens with zero attached hydrogens (tertiary/aromatic N) is 4. The predicted octanol–water partition coefficient (Wildman–Crippen LogP) is 4.02. The van der Waals surface area contributed by atoms with E-state index in [0.717, 1.165) is 35.4 Å². The van der Waals surface area contributed by atoms with E-state index in [9.17, 15) is 4.39 Å². The van der Waals surface area contributed by atoms with Gasteiger partial charge in [-0.15, -0.1) is 0 Å². The van der Waals surface area contributed by atoms with Crippen LogP contribution in [0.2, 0.25) is 0 Å². The normalized spacial score (nSPS) is 10.9. The largest absolute Gasteiger partial charge is 0.362 e. The molecule has 2 N–H and O–H groups in total. The van der Waals surface area contributed by atoms with Crippen molar-refractivity contribution in [2.75, 3.05) is 11.9 Å². The molecule has 1 aromatic carbocycles. The van der Waals surface area contributed by atoms with E-state index in [1.165, 1.54) is 6.07 Å². The molecular weight excluding hydrogens is 443 g/mol. The number of anilines is 1. The minimum absolute atomic E-state index is 0.247. The third kappa shape index (κ3) is 5.39. The average molecular weight is 465 g/mol. The zero-order valence-electron chi connectivity index (χ0n) is 15.7. The number of benzene rings is 1. The SMILES string of the molecule is Cc1cc(C)n(CCCNC(=S)Nc2nn(Cc3ccccc3F)cc2Br)n1. The first-order valence-corrected chi connectivity index (χ1v) is 10.1. The molecule has 2 aromatic heterocycles. The Morgan fingerprint density at radius 2 is 2.04 bits per heavy atom. The zero-order chi connectivity index (χ0) is 20.1. The van der Waals surface area contributed by atoms with Gasteiger partial charge in [-0.1, -0.05) is 18.2 Å². The fourth-order valence-corrected chi connectivity index (χ4v) is 3.46. The smallest absolute Gasteiger partial charge is 0.172 e. The van der Waals surface area contributed by atoms with Crippen molar-refractivity contribution >= 4 is 39.1 Å². The van der Waals surface area contributed by atoms with Gasteiger partial charge >= 0.3 is 0 Å². The molecule has 0 spiro atoms. The molecule has 0 unspecified atom stereocenters. The highest BCUT2D eigenvalue weighted by molar-refractivity contribution is 9.10. The number of halogens is 2. The number of aryl methyl sites for hydroxylation is 3. The molecule has 0 saturated carbocycles. The van der Waals surface area contributed by atoms with Crippen LogP contribution in [-0.4, -0.2) is 31.2 Å². The van der Waals surface area contributed by atoms with Gasteiger partial charge in [-0.3, -0.25) is 9.36 Å². The summed E-state index contributed by atoms with van der Waals surface area (Å²) in [5.74, 6) is 0.343. The van der Waals surface area contributed by atoms with Gasteiger partial charge in [0.05, 0.1) is 16.7 Å². The summed E-state index contributed by atoms with van der Waals surface area (Å²) >= 11 is 8.80. The summed E-state index contributed by atoms with van der Waals surface area (Å²) in [7, 11) is 0. The lowest BCUT2D eigenvalue weighted by atomic mass is 10.2. The van der Waals surface area contributed by atoms with Gasteiger partial charge in [0.1, 0.15) is 5.82 Å². The summed E-state index contributed by atoms with van der Waals surface area (Å²) in [5, 5.41) is 15.6. The van der Waals surface area contributed by atoms with Crippen LogP contribution in [0.1, 0.15) is 23.4 Å². The number of rotatable bonds is 7. The van der Waals surface area contributed by atoms with Crippen LogP contribution in [0.15, 0.2) is 41.0 Å². The lowest BCUT2D eigenvalue weighted by molar-refractivity contribution is 0.558. The van der Waals surface area contributed by atoms with Crippen molar-refractivity contribution in [3.05, 3.63) is 63.8 Å². The van der Waals surface area contributed by atoms with Crippen molar-refractivity contribution in [2.45, 2.75) is 33.4 Å². The molecule has 0 aliphatic carbocycles. The van der Waals surface area contributed by atoms with Crippen molar-refractivity contribution in [3.8, 4) is 0 Å².